The first kappa shape index (κ1) is 20.6. The van der Waals surface area contributed by atoms with Crippen LogP contribution >= 0.6 is 0 Å². The number of carbonyl (C=O) groups excluding carboxylic acids is 2. The maximum Gasteiger partial charge on any atom is 0.314 e. The van der Waals surface area contributed by atoms with Gasteiger partial charge in [-0.25, -0.2) is 0 Å². The Morgan fingerprint density at radius 1 is 0.967 bits per heavy atom. The number of carbonyl (C=O) groups is 2. The molecule has 0 aromatic heterocycles. The van der Waals surface area contributed by atoms with Crippen molar-refractivity contribution in [3.63, 3.8) is 0 Å². The van der Waals surface area contributed by atoms with Crippen molar-refractivity contribution in [1.29, 1.82) is 0 Å². The molecule has 1 unspecified atom stereocenters. The van der Waals surface area contributed by atoms with Crippen LogP contribution in [0.25, 0.3) is 0 Å². The molecule has 2 heterocycles. The third-order valence-corrected chi connectivity index (χ3v) is 5.78. The quantitative estimate of drug-likeness (QED) is 0.516. The molecule has 2 aromatic carbocycles. The first-order valence-corrected chi connectivity index (χ1v) is 10.3. The fourth-order valence-electron chi connectivity index (χ4n) is 4.34. The molecule has 0 amide bonds. The highest BCUT2D eigenvalue weighted by Crippen LogP contribution is 2.46. The van der Waals surface area contributed by atoms with Crippen LogP contribution < -0.4 is 0 Å². The molecular formula is C23H25BO6. The number of hydrogen-bond acceptors (Lipinski definition) is 6. The Balaban J connectivity index is 1.43. The molecule has 0 radical (unpaired) electrons. The summed E-state index contributed by atoms with van der Waals surface area (Å²) in [6.45, 7) is 0.795. The van der Waals surface area contributed by atoms with Gasteiger partial charge in [0.25, 0.3) is 0 Å². The standard InChI is InChI=1S/C23H25BO6/c24-21-20-19(22(26)29-15-17-9-5-2-6-10-17)23(30-21,11-12-27-20)13-18(25)28-14-16-7-3-1-4-8-16/h1-10,19-21H,11-15,24H2/t19?,20-,21+,23+/m0/s1. The van der Waals surface area contributed by atoms with Crippen molar-refractivity contribution >= 4 is 19.8 Å². The predicted molar refractivity (Wildman–Crippen MR) is 111 cm³/mol. The topological polar surface area (TPSA) is 71.1 Å². The van der Waals surface area contributed by atoms with E-state index in [0.29, 0.717) is 13.0 Å². The number of rotatable bonds is 7. The zero-order valence-corrected chi connectivity index (χ0v) is 17.0. The number of esters is 2. The Bertz CT molecular complexity index is 874. The van der Waals surface area contributed by atoms with Crippen LogP contribution in [0.4, 0.5) is 0 Å². The minimum Gasteiger partial charge on any atom is -0.461 e. The van der Waals surface area contributed by atoms with Gasteiger partial charge in [-0.05, 0) is 11.1 Å². The van der Waals surface area contributed by atoms with Crippen molar-refractivity contribution in [1.82, 2.24) is 0 Å². The molecule has 6 nitrogen and oxygen atoms in total. The van der Waals surface area contributed by atoms with Crippen molar-refractivity contribution in [3.8, 4) is 0 Å². The van der Waals surface area contributed by atoms with Crippen molar-refractivity contribution in [2.24, 2.45) is 5.92 Å². The van der Waals surface area contributed by atoms with E-state index in [-0.39, 0.29) is 25.6 Å². The Hall–Kier alpha value is -2.64. The summed E-state index contributed by atoms with van der Waals surface area (Å²) in [7, 11) is 1.87. The van der Waals surface area contributed by atoms with E-state index in [0.717, 1.165) is 11.1 Å². The summed E-state index contributed by atoms with van der Waals surface area (Å²) in [5.41, 5.74) is 0.858. The molecule has 7 heteroatoms. The molecule has 0 aliphatic carbocycles. The van der Waals surface area contributed by atoms with Crippen LogP contribution in [0, 0.1) is 5.92 Å². The summed E-state index contributed by atoms with van der Waals surface area (Å²) >= 11 is 0. The van der Waals surface area contributed by atoms with Gasteiger partial charge in [-0.3, -0.25) is 9.59 Å². The van der Waals surface area contributed by atoms with Crippen LogP contribution in [0.5, 0.6) is 0 Å². The van der Waals surface area contributed by atoms with E-state index in [4.69, 9.17) is 18.9 Å². The van der Waals surface area contributed by atoms with Crippen molar-refractivity contribution in [3.05, 3.63) is 71.8 Å². The summed E-state index contributed by atoms with van der Waals surface area (Å²) in [6, 6.07) is 18.7. The highest BCUT2D eigenvalue weighted by molar-refractivity contribution is 6.12. The number of benzene rings is 2. The first-order valence-electron chi connectivity index (χ1n) is 10.3. The number of ether oxygens (including phenoxy) is 4. The highest BCUT2D eigenvalue weighted by atomic mass is 16.6. The van der Waals surface area contributed by atoms with Gasteiger partial charge in [-0.1, -0.05) is 60.7 Å². The van der Waals surface area contributed by atoms with Gasteiger partial charge in [0.1, 0.15) is 27.0 Å². The Morgan fingerprint density at radius 2 is 1.57 bits per heavy atom. The molecular weight excluding hydrogens is 383 g/mol. The van der Waals surface area contributed by atoms with Crippen LogP contribution in [0.2, 0.25) is 0 Å². The Kier molecular flexibility index (Phi) is 6.20. The third kappa shape index (κ3) is 4.42. The van der Waals surface area contributed by atoms with Crippen LogP contribution in [0.1, 0.15) is 24.0 Å². The molecule has 30 heavy (non-hydrogen) atoms. The van der Waals surface area contributed by atoms with E-state index in [9.17, 15) is 9.59 Å². The second kappa shape index (κ2) is 9.02. The molecule has 2 aromatic rings. The maximum atomic E-state index is 13.0. The van der Waals surface area contributed by atoms with Gasteiger partial charge < -0.3 is 18.9 Å². The van der Waals surface area contributed by atoms with Gasteiger partial charge in [-0.2, -0.15) is 0 Å². The van der Waals surface area contributed by atoms with E-state index in [1.807, 2.05) is 68.5 Å². The van der Waals surface area contributed by atoms with Gasteiger partial charge in [-0.15, -0.1) is 0 Å². The molecule has 0 saturated carbocycles. The van der Waals surface area contributed by atoms with Gasteiger partial charge in [0.05, 0.1) is 24.1 Å². The van der Waals surface area contributed by atoms with Gasteiger partial charge in [0.2, 0.25) is 0 Å². The lowest BCUT2D eigenvalue weighted by atomic mass is 9.76. The average molecular weight is 408 g/mol. The lowest BCUT2D eigenvalue weighted by Gasteiger charge is -2.37. The predicted octanol–water partition coefficient (Wildman–Crippen LogP) is 2.00. The first-order chi connectivity index (χ1) is 14.6. The summed E-state index contributed by atoms with van der Waals surface area (Å²) < 4.78 is 23.0. The van der Waals surface area contributed by atoms with E-state index < -0.39 is 29.6 Å². The third-order valence-electron chi connectivity index (χ3n) is 5.78. The molecule has 0 spiro atoms. The number of fused-ring (bicyclic) bond motifs is 2. The monoisotopic (exact) mass is 408 g/mol. The second-order valence-corrected chi connectivity index (χ2v) is 7.87. The molecule has 2 bridgehead atoms. The highest BCUT2D eigenvalue weighted by Gasteiger charge is 2.61. The van der Waals surface area contributed by atoms with Gasteiger partial charge in [0, 0.05) is 13.0 Å². The summed E-state index contributed by atoms with van der Waals surface area (Å²) in [4.78, 5) is 25.6. The Morgan fingerprint density at radius 3 is 2.20 bits per heavy atom. The van der Waals surface area contributed by atoms with Crippen molar-refractivity contribution in [2.45, 2.75) is 43.8 Å². The van der Waals surface area contributed by atoms with Gasteiger partial charge in [0.15, 0.2) is 0 Å². The molecule has 2 aliphatic heterocycles. The zero-order valence-electron chi connectivity index (χ0n) is 17.0. The summed E-state index contributed by atoms with van der Waals surface area (Å²) in [6.07, 6.45) is 0.0121. The van der Waals surface area contributed by atoms with Crippen LogP contribution in [-0.4, -0.2) is 44.1 Å². The minimum atomic E-state index is -0.954. The van der Waals surface area contributed by atoms with E-state index >= 15 is 0 Å². The zero-order chi connectivity index (χ0) is 21.0. The summed E-state index contributed by atoms with van der Waals surface area (Å²) in [5.74, 6) is -1.45. The molecule has 156 valence electrons. The fraction of sp³-hybridized carbons (Fsp3) is 0.391. The summed E-state index contributed by atoms with van der Waals surface area (Å²) in [5, 5.41) is 0. The van der Waals surface area contributed by atoms with Crippen LogP contribution in [-0.2, 0) is 41.8 Å². The smallest absolute Gasteiger partial charge is 0.314 e. The molecule has 4 rings (SSSR count). The lowest BCUT2D eigenvalue weighted by molar-refractivity contribution is -0.172. The van der Waals surface area contributed by atoms with Crippen molar-refractivity contribution in [2.75, 3.05) is 6.61 Å². The molecule has 2 fully saturated rings. The molecule has 2 saturated heterocycles. The van der Waals surface area contributed by atoms with Gasteiger partial charge >= 0.3 is 11.9 Å². The fourth-order valence-corrected chi connectivity index (χ4v) is 4.34. The molecule has 0 N–H and O–H groups in total. The van der Waals surface area contributed by atoms with E-state index in [1.165, 1.54) is 0 Å². The van der Waals surface area contributed by atoms with Crippen molar-refractivity contribution < 1.29 is 28.5 Å². The largest absolute Gasteiger partial charge is 0.461 e. The molecule has 4 atom stereocenters. The lowest BCUT2D eigenvalue weighted by Crippen LogP contribution is -2.50. The van der Waals surface area contributed by atoms with E-state index in [2.05, 4.69) is 0 Å². The van der Waals surface area contributed by atoms with Crippen LogP contribution in [0.3, 0.4) is 0 Å². The van der Waals surface area contributed by atoms with Crippen LogP contribution in [0.15, 0.2) is 60.7 Å². The normalized spacial score (nSPS) is 27.4. The SMILES string of the molecule is B[C@@H]1O[C@@]2(CC(=O)OCc3ccccc3)CCO[C@H]1C2C(=O)OCc1ccccc1. The molecule has 2 aliphatic rings. The number of hydrogen-bond donors (Lipinski definition) is 0. The second-order valence-electron chi connectivity index (χ2n) is 7.87. The van der Waals surface area contributed by atoms with E-state index in [1.54, 1.807) is 0 Å². The Labute approximate surface area is 176 Å². The maximum absolute atomic E-state index is 13.0. The average Bonchev–Trinajstić information content (AvgIpc) is 2.93. The minimum absolute atomic E-state index is 0.00482.